The zero-order valence-corrected chi connectivity index (χ0v) is 37.7. The summed E-state index contributed by atoms with van der Waals surface area (Å²) in [6.45, 7) is 8.96. The number of aryl methyl sites for hydroxylation is 2. The van der Waals surface area contributed by atoms with Crippen LogP contribution in [-0.2, 0) is 19.4 Å². The summed E-state index contributed by atoms with van der Waals surface area (Å²) in [5.74, 6) is 2.26. The van der Waals surface area contributed by atoms with Crippen LogP contribution in [0.5, 0.6) is 23.3 Å². The molecule has 5 aromatic rings. The van der Waals surface area contributed by atoms with Crippen LogP contribution in [0.2, 0.25) is 0 Å². The number of unbranched alkanes of at least 4 members (excludes halogenated alkanes) is 2. The zero-order chi connectivity index (χ0) is 39.8. The smallest absolute Gasteiger partial charge is 0.234 e. The number of phenols is 1. The number of ether oxygens (including phenoxy) is 3. The zero-order valence-electron chi connectivity index (χ0n) is 35.2. The Kier molecular flexibility index (Phi) is 21.8. The van der Waals surface area contributed by atoms with Crippen molar-refractivity contribution in [2.75, 3.05) is 40.3 Å². The average molecular weight is 884 g/mol. The molecule has 2 saturated heterocycles. The van der Waals surface area contributed by atoms with Crippen molar-refractivity contribution >= 4 is 37.2 Å². The molecule has 2 aliphatic heterocycles. The number of hydrogen-bond acceptors (Lipinski definition) is 12. The van der Waals surface area contributed by atoms with E-state index in [0.29, 0.717) is 18.4 Å². The molecule has 2 aromatic carbocycles. The maximum atomic E-state index is 9.55. The van der Waals surface area contributed by atoms with Gasteiger partial charge in [0.1, 0.15) is 36.0 Å². The molecule has 0 aliphatic carbocycles. The van der Waals surface area contributed by atoms with Gasteiger partial charge in [-0.05, 0) is 113 Å². The number of aromatic hydroxyl groups is 1. The van der Waals surface area contributed by atoms with Gasteiger partial charge in [0.2, 0.25) is 11.8 Å². The molecule has 0 saturated carbocycles. The standard InChI is InChI=1S/C25H31N5O2.C20H27N3O2.3ClH/c1-3-4-7-24-23(17-25(29-28-24)32-22-12-15-30(2)16-13-22)19-8-10-21(11-9-19)31-18-20-6-5-14-26-27-20;1-3-4-5-19-18(15-6-8-16(24)9-7-15)14-20(22-21-19)25-17-10-12-23(2)13-11-17;;;/h5-6,8-11,14,17,22H,3-4,7,12-13,15-16,18H2,1-2H3;6-9,14,17,24H,3-5,10-13H2,1-2H3;3*1H. The maximum absolute atomic E-state index is 9.55. The van der Waals surface area contributed by atoms with E-state index in [4.69, 9.17) is 14.2 Å². The van der Waals surface area contributed by atoms with Crippen molar-refractivity contribution in [1.82, 2.24) is 40.4 Å². The number of piperidine rings is 2. The minimum absolute atomic E-state index is 0. The van der Waals surface area contributed by atoms with E-state index in [-0.39, 0.29) is 55.2 Å². The van der Waals surface area contributed by atoms with E-state index in [1.54, 1.807) is 18.3 Å². The monoisotopic (exact) mass is 882 g/mol. The summed E-state index contributed by atoms with van der Waals surface area (Å²) in [7, 11) is 4.29. The van der Waals surface area contributed by atoms with Crippen LogP contribution in [0.4, 0.5) is 0 Å². The first-order valence-electron chi connectivity index (χ1n) is 20.6. The van der Waals surface area contributed by atoms with Crippen LogP contribution in [-0.4, -0.2) is 98.0 Å². The molecule has 7 rings (SSSR count). The van der Waals surface area contributed by atoms with E-state index in [1.807, 2.05) is 48.5 Å². The predicted octanol–water partition coefficient (Wildman–Crippen LogP) is 9.26. The molecule has 326 valence electrons. The van der Waals surface area contributed by atoms with Gasteiger partial charge in [0.05, 0.1) is 11.4 Å². The van der Waals surface area contributed by atoms with Crippen LogP contribution in [0.15, 0.2) is 79.0 Å². The van der Waals surface area contributed by atoms with Crippen LogP contribution >= 0.6 is 37.2 Å². The van der Waals surface area contributed by atoms with Gasteiger partial charge >= 0.3 is 0 Å². The van der Waals surface area contributed by atoms with Crippen LogP contribution in [0.1, 0.15) is 82.3 Å². The molecule has 3 aromatic heterocycles. The molecule has 0 unspecified atom stereocenters. The molecular formula is C45H61Cl3N8O4. The molecule has 0 radical (unpaired) electrons. The largest absolute Gasteiger partial charge is 0.508 e. The van der Waals surface area contributed by atoms with Gasteiger partial charge < -0.3 is 29.1 Å². The molecule has 1 N–H and O–H groups in total. The lowest BCUT2D eigenvalue weighted by atomic mass is 10.0. The molecule has 15 heteroatoms. The van der Waals surface area contributed by atoms with Crippen molar-refractivity contribution in [3.63, 3.8) is 0 Å². The Morgan fingerprint density at radius 2 is 1.08 bits per heavy atom. The molecule has 2 aliphatic rings. The topological polar surface area (TPSA) is 132 Å². The number of hydrogen-bond donors (Lipinski definition) is 1. The van der Waals surface area contributed by atoms with E-state index in [0.717, 1.165) is 135 Å². The normalized spacial score (nSPS) is 14.7. The SMILES string of the molecule is CCCCc1nnc(OC2CCN(C)CC2)cc1-c1ccc(O)cc1.CCCCc1nnc(OC2CCN(C)CC2)cc1-c1ccc(OCc2cccnn2)cc1.Cl.Cl.Cl. The number of aromatic nitrogens is 6. The first-order chi connectivity index (χ1) is 27.9. The van der Waals surface area contributed by atoms with Crippen molar-refractivity contribution in [3.8, 4) is 45.5 Å². The third-order valence-corrected chi connectivity index (χ3v) is 10.5. The third kappa shape index (κ3) is 15.3. The van der Waals surface area contributed by atoms with E-state index in [1.165, 1.54) is 0 Å². The Labute approximate surface area is 374 Å². The average Bonchev–Trinajstić information content (AvgIpc) is 3.24. The summed E-state index contributed by atoms with van der Waals surface area (Å²) >= 11 is 0. The highest BCUT2D eigenvalue weighted by Gasteiger charge is 2.21. The minimum Gasteiger partial charge on any atom is -0.508 e. The molecule has 2 fully saturated rings. The molecule has 0 spiro atoms. The number of rotatable bonds is 15. The van der Waals surface area contributed by atoms with Crippen LogP contribution in [0, 0.1) is 0 Å². The summed E-state index contributed by atoms with van der Waals surface area (Å²) in [6, 6.07) is 23.1. The van der Waals surface area contributed by atoms with E-state index >= 15 is 0 Å². The summed E-state index contributed by atoms with van der Waals surface area (Å²) in [6.07, 6.45) is 12.3. The fourth-order valence-electron chi connectivity index (χ4n) is 6.96. The van der Waals surface area contributed by atoms with Gasteiger partial charge in [-0.2, -0.15) is 20.4 Å². The minimum atomic E-state index is 0. The highest BCUT2D eigenvalue weighted by atomic mass is 35.5. The summed E-state index contributed by atoms with van der Waals surface area (Å²) in [5.41, 5.74) is 7.05. The predicted molar refractivity (Wildman–Crippen MR) is 244 cm³/mol. The lowest BCUT2D eigenvalue weighted by molar-refractivity contribution is 0.109. The maximum Gasteiger partial charge on any atom is 0.234 e. The highest BCUT2D eigenvalue weighted by molar-refractivity contribution is 5.86. The quantitative estimate of drug-likeness (QED) is 0.108. The van der Waals surface area contributed by atoms with Gasteiger partial charge in [-0.1, -0.05) is 51.0 Å². The van der Waals surface area contributed by atoms with Gasteiger partial charge in [0, 0.05) is 55.6 Å². The highest BCUT2D eigenvalue weighted by Crippen LogP contribution is 2.31. The number of nitrogens with zero attached hydrogens (tertiary/aromatic N) is 8. The van der Waals surface area contributed by atoms with Gasteiger partial charge in [-0.25, -0.2) is 0 Å². The van der Waals surface area contributed by atoms with E-state index in [9.17, 15) is 5.11 Å². The van der Waals surface area contributed by atoms with E-state index < -0.39 is 0 Å². The van der Waals surface area contributed by atoms with E-state index in [2.05, 4.69) is 80.5 Å². The van der Waals surface area contributed by atoms with Gasteiger partial charge in [-0.3, -0.25) is 0 Å². The molecule has 12 nitrogen and oxygen atoms in total. The fourth-order valence-corrected chi connectivity index (χ4v) is 6.96. The van der Waals surface area contributed by atoms with Crippen molar-refractivity contribution in [1.29, 1.82) is 0 Å². The lowest BCUT2D eigenvalue weighted by Gasteiger charge is -2.28. The number of halogens is 3. The second kappa shape index (κ2) is 26.1. The summed E-state index contributed by atoms with van der Waals surface area (Å²) in [4.78, 5) is 4.65. The van der Waals surface area contributed by atoms with Crippen molar-refractivity contribution in [2.45, 2.75) is 96.9 Å². The van der Waals surface area contributed by atoms with Crippen LogP contribution in [0.25, 0.3) is 22.3 Å². The first kappa shape index (κ1) is 50.0. The van der Waals surface area contributed by atoms with Gasteiger partial charge in [-0.15, -0.1) is 47.4 Å². The summed E-state index contributed by atoms with van der Waals surface area (Å²) in [5, 5.41) is 35.2. The second-order valence-electron chi connectivity index (χ2n) is 15.1. The van der Waals surface area contributed by atoms with Gasteiger partial charge in [0.15, 0.2) is 0 Å². The molecular weight excluding hydrogens is 823 g/mol. The summed E-state index contributed by atoms with van der Waals surface area (Å²) < 4.78 is 18.1. The Morgan fingerprint density at radius 3 is 1.52 bits per heavy atom. The molecule has 0 bridgehead atoms. The number of benzene rings is 2. The Bertz CT molecular complexity index is 1950. The van der Waals surface area contributed by atoms with Crippen molar-refractivity contribution < 1.29 is 19.3 Å². The number of likely N-dealkylation sites (tertiary alicyclic amines) is 2. The third-order valence-electron chi connectivity index (χ3n) is 10.5. The molecule has 60 heavy (non-hydrogen) atoms. The Hall–Kier alpha value is -4.33. The Balaban J connectivity index is 0.000000313. The second-order valence-corrected chi connectivity index (χ2v) is 15.1. The van der Waals surface area contributed by atoms with Crippen molar-refractivity contribution in [3.05, 3.63) is 96.1 Å². The fraction of sp³-hybridized carbons (Fsp3) is 0.467. The molecule has 0 amide bonds. The number of phenolic OH excluding ortho intramolecular Hbond substituents is 1. The van der Waals surface area contributed by atoms with Crippen LogP contribution < -0.4 is 14.2 Å². The van der Waals surface area contributed by atoms with Crippen LogP contribution in [0.3, 0.4) is 0 Å². The lowest BCUT2D eigenvalue weighted by Crippen LogP contribution is -2.35. The van der Waals surface area contributed by atoms with Gasteiger partial charge in [0.25, 0.3) is 0 Å². The molecule has 5 heterocycles. The van der Waals surface area contributed by atoms with Crippen molar-refractivity contribution in [2.24, 2.45) is 0 Å². The molecule has 0 atom stereocenters. The first-order valence-corrected chi connectivity index (χ1v) is 20.6. The Morgan fingerprint density at radius 1 is 0.617 bits per heavy atom.